The maximum atomic E-state index is 12.9. The van der Waals surface area contributed by atoms with Crippen LogP contribution in [0.3, 0.4) is 0 Å². The van der Waals surface area contributed by atoms with E-state index in [0.29, 0.717) is 16.0 Å². The van der Waals surface area contributed by atoms with E-state index in [1.807, 2.05) is 18.2 Å². The molecule has 0 amide bonds. The van der Waals surface area contributed by atoms with Gasteiger partial charge in [0.2, 0.25) is 0 Å². The number of hydrogen-bond donors (Lipinski definition) is 0. The number of pyridine rings is 1. The molecule has 110 valence electrons. The molecule has 4 rings (SSSR count). The van der Waals surface area contributed by atoms with Gasteiger partial charge in [0, 0.05) is 12.4 Å². The van der Waals surface area contributed by atoms with Crippen molar-refractivity contribution < 1.29 is 13.2 Å². The van der Waals surface area contributed by atoms with Crippen LogP contribution in [0.4, 0.5) is 13.2 Å². The first-order valence-electron chi connectivity index (χ1n) is 6.43. The lowest BCUT2D eigenvalue weighted by Gasteiger charge is -2.05. The fourth-order valence-corrected chi connectivity index (χ4v) is 3.29. The van der Waals surface area contributed by atoms with Crippen LogP contribution in [0, 0.1) is 0 Å². The first kappa shape index (κ1) is 13.3. The Kier molecular flexibility index (Phi) is 2.74. The molecule has 0 fully saturated rings. The van der Waals surface area contributed by atoms with Crippen LogP contribution in [0.15, 0.2) is 48.8 Å². The van der Waals surface area contributed by atoms with Gasteiger partial charge in [-0.25, -0.2) is 4.98 Å². The predicted molar refractivity (Wildman–Crippen MR) is 78.8 cm³/mol. The lowest BCUT2D eigenvalue weighted by molar-refractivity contribution is -0.137. The summed E-state index contributed by atoms with van der Waals surface area (Å²) in [7, 11) is 0. The second-order valence-corrected chi connectivity index (χ2v) is 5.79. The molecular weight excluding hydrogens is 311 g/mol. The average Bonchev–Trinajstić information content (AvgIpc) is 3.04. The van der Waals surface area contributed by atoms with E-state index >= 15 is 0 Å². The molecule has 0 spiro atoms. The molecule has 3 heterocycles. The first-order chi connectivity index (χ1) is 10.5. The standard InChI is InChI=1S/C15H8F3N3S/c16-15(17,18)9-4-5-10-12(7-9)21-8-13(22-14(21)20-10)11-3-1-2-6-19-11/h1-8H. The van der Waals surface area contributed by atoms with Gasteiger partial charge in [-0.2, -0.15) is 13.2 Å². The van der Waals surface area contributed by atoms with E-state index in [9.17, 15) is 13.2 Å². The number of fused-ring (bicyclic) bond motifs is 3. The number of imidazole rings is 1. The maximum absolute atomic E-state index is 12.9. The minimum Gasteiger partial charge on any atom is -0.290 e. The fourth-order valence-electron chi connectivity index (χ4n) is 2.31. The molecule has 0 aliphatic heterocycles. The van der Waals surface area contributed by atoms with Crippen LogP contribution in [0.2, 0.25) is 0 Å². The van der Waals surface area contributed by atoms with Gasteiger partial charge in [0.25, 0.3) is 0 Å². The molecule has 0 radical (unpaired) electrons. The minimum atomic E-state index is -4.36. The first-order valence-corrected chi connectivity index (χ1v) is 7.24. The van der Waals surface area contributed by atoms with E-state index in [2.05, 4.69) is 9.97 Å². The number of alkyl halides is 3. The number of rotatable bonds is 1. The second kappa shape index (κ2) is 4.54. The van der Waals surface area contributed by atoms with Crippen LogP contribution in [-0.4, -0.2) is 14.4 Å². The molecule has 3 nitrogen and oxygen atoms in total. The molecule has 0 N–H and O–H groups in total. The molecule has 0 aliphatic rings. The van der Waals surface area contributed by atoms with Crippen LogP contribution in [0.5, 0.6) is 0 Å². The summed E-state index contributed by atoms with van der Waals surface area (Å²) >= 11 is 1.40. The van der Waals surface area contributed by atoms with Crippen LogP contribution < -0.4 is 0 Å². The third-order valence-corrected chi connectivity index (χ3v) is 4.35. The van der Waals surface area contributed by atoms with E-state index in [1.165, 1.54) is 17.4 Å². The predicted octanol–water partition coefficient (Wildman–Crippen LogP) is 4.63. The van der Waals surface area contributed by atoms with Crippen LogP contribution >= 0.6 is 11.3 Å². The summed E-state index contributed by atoms with van der Waals surface area (Å²) in [5.74, 6) is 0. The van der Waals surface area contributed by atoms with E-state index in [-0.39, 0.29) is 0 Å². The zero-order valence-electron chi connectivity index (χ0n) is 11.0. The lowest BCUT2D eigenvalue weighted by Crippen LogP contribution is -2.04. The van der Waals surface area contributed by atoms with Crippen molar-refractivity contribution in [2.24, 2.45) is 0 Å². The highest BCUT2D eigenvalue weighted by atomic mass is 32.1. The van der Waals surface area contributed by atoms with E-state index in [1.54, 1.807) is 16.8 Å². The number of nitrogens with zero attached hydrogens (tertiary/aromatic N) is 3. The largest absolute Gasteiger partial charge is 0.416 e. The Morgan fingerprint density at radius 2 is 1.95 bits per heavy atom. The third kappa shape index (κ3) is 2.05. The molecule has 0 atom stereocenters. The molecule has 0 saturated heterocycles. The summed E-state index contributed by atoms with van der Waals surface area (Å²) in [6, 6.07) is 9.12. The van der Waals surface area contributed by atoms with Gasteiger partial charge in [-0.1, -0.05) is 17.4 Å². The number of aromatic nitrogens is 3. The molecule has 0 unspecified atom stereocenters. The summed E-state index contributed by atoms with van der Waals surface area (Å²) < 4.78 is 40.2. The molecular formula is C15H8F3N3S. The summed E-state index contributed by atoms with van der Waals surface area (Å²) in [5, 5.41) is 0. The topological polar surface area (TPSA) is 30.2 Å². The van der Waals surface area contributed by atoms with Crippen molar-refractivity contribution >= 4 is 27.3 Å². The van der Waals surface area contributed by atoms with Gasteiger partial charge in [0.15, 0.2) is 4.96 Å². The Morgan fingerprint density at radius 1 is 1.09 bits per heavy atom. The number of hydrogen-bond acceptors (Lipinski definition) is 3. The summed E-state index contributed by atoms with van der Waals surface area (Å²) in [6.07, 6.45) is -0.909. The zero-order valence-corrected chi connectivity index (χ0v) is 11.8. The van der Waals surface area contributed by atoms with Crippen LogP contribution in [0.25, 0.3) is 26.6 Å². The molecule has 4 aromatic rings. The van der Waals surface area contributed by atoms with E-state index < -0.39 is 11.7 Å². The van der Waals surface area contributed by atoms with Gasteiger partial charge < -0.3 is 0 Å². The quantitative estimate of drug-likeness (QED) is 0.512. The normalized spacial score (nSPS) is 12.3. The Labute approximate surface area is 126 Å². The van der Waals surface area contributed by atoms with Crippen molar-refractivity contribution in [2.75, 3.05) is 0 Å². The smallest absolute Gasteiger partial charge is 0.290 e. The van der Waals surface area contributed by atoms with Crippen molar-refractivity contribution in [1.82, 2.24) is 14.4 Å². The highest BCUT2D eigenvalue weighted by molar-refractivity contribution is 7.20. The van der Waals surface area contributed by atoms with Crippen LogP contribution in [0.1, 0.15) is 5.56 Å². The van der Waals surface area contributed by atoms with Gasteiger partial charge in [-0.05, 0) is 30.3 Å². The molecule has 22 heavy (non-hydrogen) atoms. The van der Waals surface area contributed by atoms with Gasteiger partial charge in [0.05, 0.1) is 27.2 Å². The summed E-state index contributed by atoms with van der Waals surface area (Å²) in [4.78, 5) is 10.1. The van der Waals surface area contributed by atoms with Gasteiger partial charge >= 0.3 is 6.18 Å². The molecule has 0 bridgehead atoms. The maximum Gasteiger partial charge on any atom is 0.416 e. The summed E-state index contributed by atoms with van der Waals surface area (Å²) in [6.45, 7) is 0. The van der Waals surface area contributed by atoms with Crippen molar-refractivity contribution in [3.8, 4) is 10.6 Å². The van der Waals surface area contributed by atoms with Crippen molar-refractivity contribution in [3.63, 3.8) is 0 Å². The lowest BCUT2D eigenvalue weighted by atomic mass is 10.2. The highest BCUT2D eigenvalue weighted by Gasteiger charge is 2.31. The molecule has 0 aliphatic carbocycles. The Hall–Kier alpha value is -2.41. The van der Waals surface area contributed by atoms with Crippen molar-refractivity contribution in [1.29, 1.82) is 0 Å². The number of thiazole rings is 1. The van der Waals surface area contributed by atoms with E-state index in [0.717, 1.165) is 22.7 Å². The Bertz CT molecular complexity index is 970. The van der Waals surface area contributed by atoms with Gasteiger partial charge in [-0.3, -0.25) is 9.38 Å². The van der Waals surface area contributed by atoms with Crippen LogP contribution in [-0.2, 0) is 6.18 Å². The third-order valence-electron chi connectivity index (χ3n) is 3.35. The van der Waals surface area contributed by atoms with Crippen molar-refractivity contribution in [3.05, 3.63) is 54.4 Å². The minimum absolute atomic E-state index is 0.447. The Balaban J connectivity index is 1.93. The SMILES string of the molecule is FC(F)(F)c1ccc2nc3sc(-c4ccccn4)cn3c2c1. The zero-order chi connectivity index (χ0) is 15.3. The van der Waals surface area contributed by atoms with Gasteiger partial charge in [0.1, 0.15) is 0 Å². The average molecular weight is 319 g/mol. The molecule has 7 heteroatoms. The van der Waals surface area contributed by atoms with E-state index in [4.69, 9.17) is 0 Å². The summed E-state index contributed by atoms with van der Waals surface area (Å²) in [5.41, 5.74) is 1.10. The Morgan fingerprint density at radius 3 is 2.68 bits per heavy atom. The van der Waals surface area contributed by atoms with Gasteiger partial charge in [-0.15, -0.1) is 0 Å². The second-order valence-electron chi connectivity index (χ2n) is 4.78. The highest BCUT2D eigenvalue weighted by Crippen LogP contribution is 2.34. The molecule has 1 aromatic carbocycles. The van der Waals surface area contributed by atoms with Crippen molar-refractivity contribution in [2.45, 2.75) is 6.18 Å². The fraction of sp³-hybridized carbons (Fsp3) is 0.0667. The monoisotopic (exact) mass is 319 g/mol. The number of benzene rings is 1. The molecule has 0 saturated carbocycles. The number of halogens is 3. The molecule has 3 aromatic heterocycles.